The molecule has 0 heterocycles. The van der Waals surface area contributed by atoms with E-state index in [2.05, 4.69) is 63.0 Å². The Morgan fingerprint density at radius 3 is 2.42 bits per heavy atom. The number of aliphatic hydroxyl groups is 1. The predicted molar refractivity (Wildman–Crippen MR) is 95.3 cm³/mol. The fourth-order valence-corrected chi connectivity index (χ4v) is 3.41. The van der Waals surface area contributed by atoms with E-state index in [-0.39, 0.29) is 17.7 Å². The zero-order chi connectivity index (χ0) is 15.1. The van der Waals surface area contributed by atoms with Crippen molar-refractivity contribution in [3.63, 3.8) is 0 Å². The monoisotopic (exact) mass is 396 g/mol. The third-order valence-electron chi connectivity index (χ3n) is 3.71. The quantitative estimate of drug-likeness (QED) is 0.354. The summed E-state index contributed by atoms with van der Waals surface area (Å²) in [6.07, 6.45) is 6.91. The third-order valence-corrected chi connectivity index (χ3v) is 9.23. The summed E-state index contributed by atoms with van der Waals surface area (Å²) >= 11 is 2.29. The van der Waals surface area contributed by atoms with Crippen molar-refractivity contribution in [3.8, 4) is 0 Å². The summed E-state index contributed by atoms with van der Waals surface area (Å²) in [5, 5.41) is 9.11. The summed E-state index contributed by atoms with van der Waals surface area (Å²) < 4.78 is 7.65. The van der Waals surface area contributed by atoms with Crippen LogP contribution in [0.3, 0.4) is 0 Å². The minimum atomic E-state index is -1.71. The van der Waals surface area contributed by atoms with Crippen LogP contribution in [0, 0.1) is 0 Å². The Morgan fingerprint density at radius 1 is 1.42 bits per heavy atom. The van der Waals surface area contributed by atoms with Crippen molar-refractivity contribution in [2.24, 2.45) is 0 Å². The van der Waals surface area contributed by atoms with Gasteiger partial charge in [0.1, 0.15) is 0 Å². The smallest absolute Gasteiger partial charge is 0.192 e. The van der Waals surface area contributed by atoms with Crippen LogP contribution >= 0.6 is 22.6 Å². The average molecular weight is 396 g/mol. The Balaban J connectivity index is 4.58. The van der Waals surface area contributed by atoms with Crippen LogP contribution in [-0.2, 0) is 4.43 Å². The van der Waals surface area contributed by atoms with E-state index in [1.807, 2.05) is 12.2 Å². The highest BCUT2D eigenvalue weighted by Crippen LogP contribution is 2.38. The molecule has 0 aliphatic carbocycles. The van der Waals surface area contributed by atoms with E-state index in [1.165, 1.54) is 3.58 Å². The van der Waals surface area contributed by atoms with Gasteiger partial charge in [0.2, 0.25) is 0 Å². The number of hydrogen-bond acceptors (Lipinski definition) is 2. The van der Waals surface area contributed by atoms with Gasteiger partial charge in [-0.25, -0.2) is 0 Å². The number of allylic oxidation sites excluding steroid dienone is 1. The molecule has 112 valence electrons. The Labute approximate surface area is 133 Å². The normalized spacial score (nSPS) is 15.4. The second-order valence-electron chi connectivity index (χ2n) is 6.40. The largest absolute Gasteiger partial charge is 0.414 e. The molecule has 19 heavy (non-hydrogen) atoms. The first-order valence-corrected chi connectivity index (χ1v) is 10.9. The van der Waals surface area contributed by atoms with Gasteiger partial charge in [0, 0.05) is 6.10 Å². The van der Waals surface area contributed by atoms with Crippen molar-refractivity contribution in [1.29, 1.82) is 0 Å². The lowest BCUT2D eigenvalue weighted by atomic mass is 10.1. The van der Waals surface area contributed by atoms with Gasteiger partial charge >= 0.3 is 0 Å². The van der Waals surface area contributed by atoms with E-state index in [4.69, 9.17) is 9.53 Å². The Bertz CT molecular complexity index is 306. The van der Waals surface area contributed by atoms with Gasteiger partial charge in [0.25, 0.3) is 0 Å². The topological polar surface area (TPSA) is 29.5 Å². The van der Waals surface area contributed by atoms with Crippen LogP contribution < -0.4 is 0 Å². The summed E-state index contributed by atoms with van der Waals surface area (Å²) in [6, 6.07) is 0. The standard InChI is InChI=1S/C15H29IO2Si/c1-7-8-14(10-9-13(16)11-12-17)18-19(5,6)15(2,3)4/h7,11,14,17H,1,8-10,12H2,2-6H3/b13-11-/t14-/m1/s1. The van der Waals surface area contributed by atoms with Crippen LogP contribution in [0.1, 0.15) is 40.0 Å². The van der Waals surface area contributed by atoms with Crippen LogP contribution in [-0.4, -0.2) is 26.1 Å². The van der Waals surface area contributed by atoms with E-state index in [0.29, 0.717) is 0 Å². The number of halogens is 1. The number of hydrogen-bond donors (Lipinski definition) is 1. The molecule has 0 bridgehead atoms. The third kappa shape index (κ3) is 7.63. The molecule has 2 nitrogen and oxygen atoms in total. The molecule has 0 aliphatic rings. The molecule has 0 spiro atoms. The van der Waals surface area contributed by atoms with Crippen LogP contribution in [0.4, 0.5) is 0 Å². The molecule has 4 heteroatoms. The summed E-state index contributed by atoms with van der Waals surface area (Å²) in [6.45, 7) is 15.3. The molecule has 0 fully saturated rings. The average Bonchev–Trinajstić information content (AvgIpc) is 2.24. The number of rotatable bonds is 8. The van der Waals surface area contributed by atoms with Crippen molar-refractivity contribution in [1.82, 2.24) is 0 Å². The lowest BCUT2D eigenvalue weighted by molar-refractivity contribution is 0.174. The summed E-state index contributed by atoms with van der Waals surface area (Å²) in [5.74, 6) is 0. The van der Waals surface area contributed by atoms with E-state index in [1.54, 1.807) is 0 Å². The van der Waals surface area contributed by atoms with Gasteiger partial charge in [-0.3, -0.25) is 0 Å². The molecule has 0 aromatic carbocycles. The van der Waals surface area contributed by atoms with Gasteiger partial charge in [-0.15, -0.1) is 6.58 Å². The van der Waals surface area contributed by atoms with E-state index in [9.17, 15) is 0 Å². The van der Waals surface area contributed by atoms with Crippen molar-refractivity contribution in [3.05, 3.63) is 22.3 Å². The maximum absolute atomic E-state index is 8.88. The van der Waals surface area contributed by atoms with Crippen molar-refractivity contribution in [2.45, 2.75) is 64.3 Å². The molecule has 0 saturated heterocycles. The Kier molecular flexibility index (Phi) is 8.75. The first kappa shape index (κ1) is 19.3. The van der Waals surface area contributed by atoms with Crippen LogP contribution in [0.5, 0.6) is 0 Å². The summed E-state index contributed by atoms with van der Waals surface area (Å²) in [4.78, 5) is 0. The Morgan fingerprint density at radius 2 is 2.00 bits per heavy atom. The minimum absolute atomic E-state index is 0.119. The Hall–Kier alpha value is 0.347. The highest BCUT2D eigenvalue weighted by molar-refractivity contribution is 14.1. The van der Waals surface area contributed by atoms with Crippen molar-refractivity contribution >= 4 is 30.9 Å². The van der Waals surface area contributed by atoms with Gasteiger partial charge in [-0.1, -0.05) is 26.8 Å². The molecular weight excluding hydrogens is 367 g/mol. The van der Waals surface area contributed by atoms with Crippen molar-refractivity contribution < 1.29 is 9.53 Å². The van der Waals surface area contributed by atoms with Gasteiger partial charge < -0.3 is 9.53 Å². The highest BCUT2D eigenvalue weighted by Gasteiger charge is 2.38. The summed E-state index contributed by atoms with van der Waals surface area (Å²) in [7, 11) is -1.71. The lowest BCUT2D eigenvalue weighted by Gasteiger charge is -2.39. The zero-order valence-corrected chi connectivity index (χ0v) is 16.2. The first-order chi connectivity index (χ1) is 8.64. The van der Waals surface area contributed by atoms with Crippen molar-refractivity contribution in [2.75, 3.05) is 6.61 Å². The molecule has 0 rings (SSSR count). The number of aliphatic hydroxyl groups excluding tert-OH is 1. The molecule has 1 atom stereocenters. The molecule has 0 radical (unpaired) electrons. The van der Waals surface area contributed by atoms with E-state index < -0.39 is 8.32 Å². The second kappa shape index (κ2) is 8.59. The lowest BCUT2D eigenvalue weighted by Crippen LogP contribution is -2.43. The fourth-order valence-electron chi connectivity index (χ4n) is 1.50. The first-order valence-electron chi connectivity index (χ1n) is 6.88. The molecule has 0 amide bonds. The molecule has 0 aliphatic heterocycles. The molecule has 0 unspecified atom stereocenters. The SMILES string of the molecule is C=CC[C@H](CC/C(I)=C/CO)O[Si](C)(C)C(C)(C)C. The molecule has 0 aromatic rings. The van der Waals surface area contributed by atoms with Crippen LogP contribution in [0.2, 0.25) is 18.1 Å². The predicted octanol–water partition coefficient (Wildman–Crippen LogP) is 5.04. The summed E-state index contributed by atoms with van der Waals surface area (Å²) in [5.41, 5.74) is 0. The zero-order valence-electron chi connectivity index (χ0n) is 13.0. The maximum atomic E-state index is 8.88. The van der Waals surface area contributed by atoms with Crippen LogP contribution in [0.15, 0.2) is 22.3 Å². The minimum Gasteiger partial charge on any atom is -0.414 e. The highest BCUT2D eigenvalue weighted by atomic mass is 127. The van der Waals surface area contributed by atoms with Gasteiger partial charge in [-0.05, 0) is 69.6 Å². The molecule has 0 saturated carbocycles. The van der Waals surface area contributed by atoms with Gasteiger partial charge in [-0.2, -0.15) is 0 Å². The fraction of sp³-hybridized carbons (Fsp3) is 0.733. The van der Waals surface area contributed by atoms with Crippen LogP contribution in [0.25, 0.3) is 0 Å². The van der Waals surface area contributed by atoms with Gasteiger partial charge in [0.15, 0.2) is 8.32 Å². The molecular formula is C15H29IO2Si. The molecule has 0 aromatic heterocycles. The van der Waals surface area contributed by atoms with Gasteiger partial charge in [0.05, 0.1) is 6.61 Å². The maximum Gasteiger partial charge on any atom is 0.192 e. The molecule has 1 N–H and O–H groups in total. The van der Waals surface area contributed by atoms with E-state index >= 15 is 0 Å². The second-order valence-corrected chi connectivity index (χ2v) is 12.5. The van der Waals surface area contributed by atoms with E-state index in [0.717, 1.165) is 19.3 Å².